The van der Waals surface area contributed by atoms with Gasteiger partial charge < -0.3 is 10.3 Å². The van der Waals surface area contributed by atoms with Gasteiger partial charge in [0.25, 0.3) is 0 Å². The molecule has 0 saturated heterocycles. The maximum Gasteiger partial charge on any atom is 0.128 e. The van der Waals surface area contributed by atoms with Crippen LogP contribution in [0, 0.1) is 6.92 Å². The molecule has 2 rings (SSSR count). The highest BCUT2D eigenvalue weighted by atomic mass is 16.5. The van der Waals surface area contributed by atoms with Gasteiger partial charge in [-0.2, -0.15) is 0 Å². The van der Waals surface area contributed by atoms with Gasteiger partial charge in [-0.3, -0.25) is 0 Å². The number of aromatic nitrogens is 4. The summed E-state index contributed by atoms with van der Waals surface area (Å²) in [6, 6.07) is 0. The third-order valence-corrected chi connectivity index (χ3v) is 2.09. The Labute approximate surface area is 80.7 Å². The Hall–Kier alpha value is -1.69. The largest absolute Gasteiger partial charge is 0.364 e. The monoisotopic (exact) mass is 193 g/mol. The highest BCUT2D eigenvalue weighted by molar-refractivity contribution is 5.10. The fourth-order valence-corrected chi connectivity index (χ4v) is 1.21. The molecule has 0 aliphatic heterocycles. The van der Waals surface area contributed by atoms with Gasteiger partial charge in [-0.25, -0.2) is 4.68 Å². The average Bonchev–Trinajstić information content (AvgIpc) is 2.79. The Morgan fingerprint density at radius 1 is 1.57 bits per heavy atom. The lowest BCUT2D eigenvalue weighted by Crippen LogP contribution is -2.04. The summed E-state index contributed by atoms with van der Waals surface area (Å²) in [5.41, 5.74) is 8.25. The van der Waals surface area contributed by atoms with Crippen molar-refractivity contribution in [3.63, 3.8) is 0 Å². The van der Waals surface area contributed by atoms with Crippen molar-refractivity contribution in [2.24, 2.45) is 5.73 Å². The van der Waals surface area contributed by atoms with Crippen LogP contribution in [0.1, 0.15) is 17.0 Å². The summed E-state index contributed by atoms with van der Waals surface area (Å²) >= 11 is 0. The number of nitrogens with two attached hydrogens (primary N) is 1. The summed E-state index contributed by atoms with van der Waals surface area (Å²) in [6.07, 6.45) is 3.24. The van der Waals surface area contributed by atoms with Gasteiger partial charge in [-0.15, -0.1) is 5.10 Å². The molecule has 2 aromatic heterocycles. The van der Waals surface area contributed by atoms with Crippen molar-refractivity contribution in [1.82, 2.24) is 20.2 Å². The molecule has 0 atom stereocenters. The summed E-state index contributed by atoms with van der Waals surface area (Å²) in [4.78, 5) is 0. The lowest BCUT2D eigenvalue weighted by molar-refractivity contribution is 0.418. The van der Waals surface area contributed by atoms with E-state index >= 15 is 0 Å². The molecule has 0 fully saturated rings. The third-order valence-electron chi connectivity index (χ3n) is 2.09. The molecule has 0 spiro atoms. The van der Waals surface area contributed by atoms with Gasteiger partial charge in [0.2, 0.25) is 0 Å². The van der Waals surface area contributed by atoms with Crippen molar-refractivity contribution < 1.29 is 4.52 Å². The van der Waals surface area contributed by atoms with Gasteiger partial charge in [-0.05, 0) is 6.92 Å². The first-order chi connectivity index (χ1) is 6.81. The summed E-state index contributed by atoms with van der Waals surface area (Å²) in [6.45, 7) is 2.97. The first-order valence-corrected chi connectivity index (χ1v) is 4.28. The quantitative estimate of drug-likeness (QED) is 0.746. The van der Waals surface area contributed by atoms with Crippen molar-refractivity contribution in [1.29, 1.82) is 0 Å². The van der Waals surface area contributed by atoms with E-state index in [0.29, 0.717) is 13.1 Å². The lowest BCUT2D eigenvalue weighted by atomic mass is 10.3. The lowest BCUT2D eigenvalue weighted by Gasteiger charge is -1.99. The van der Waals surface area contributed by atoms with Crippen LogP contribution < -0.4 is 5.73 Å². The average molecular weight is 193 g/mol. The van der Waals surface area contributed by atoms with Crippen LogP contribution in [-0.4, -0.2) is 20.2 Å². The first kappa shape index (κ1) is 8.89. The number of hydrogen-bond acceptors (Lipinski definition) is 5. The van der Waals surface area contributed by atoms with Crippen LogP contribution in [-0.2, 0) is 13.1 Å². The highest BCUT2D eigenvalue weighted by Crippen LogP contribution is 2.06. The summed E-state index contributed by atoms with van der Waals surface area (Å²) in [7, 11) is 0. The third kappa shape index (κ3) is 1.51. The maximum atomic E-state index is 5.49. The van der Waals surface area contributed by atoms with Crippen molar-refractivity contribution in [3.8, 4) is 0 Å². The molecule has 6 nitrogen and oxygen atoms in total. The van der Waals surface area contributed by atoms with E-state index < -0.39 is 0 Å². The van der Waals surface area contributed by atoms with E-state index in [9.17, 15) is 0 Å². The second-order valence-electron chi connectivity index (χ2n) is 3.02. The molecule has 6 heteroatoms. The highest BCUT2D eigenvalue weighted by Gasteiger charge is 2.07. The predicted molar refractivity (Wildman–Crippen MR) is 48.3 cm³/mol. The second kappa shape index (κ2) is 3.59. The van der Waals surface area contributed by atoms with Crippen LogP contribution in [0.5, 0.6) is 0 Å². The van der Waals surface area contributed by atoms with Crippen LogP contribution in [0.3, 0.4) is 0 Å². The molecule has 0 bridgehead atoms. The van der Waals surface area contributed by atoms with E-state index in [4.69, 9.17) is 10.3 Å². The van der Waals surface area contributed by atoms with Crippen molar-refractivity contribution in [2.75, 3.05) is 0 Å². The van der Waals surface area contributed by atoms with Crippen LogP contribution >= 0.6 is 0 Å². The molecule has 2 heterocycles. The smallest absolute Gasteiger partial charge is 0.128 e. The molecule has 0 aliphatic rings. The Bertz CT molecular complexity index is 405. The van der Waals surface area contributed by atoms with E-state index in [2.05, 4.69) is 15.5 Å². The fraction of sp³-hybridized carbons (Fsp3) is 0.375. The SMILES string of the molecule is Cc1c(CN)nnn1Cc1cnoc1. The fourth-order valence-electron chi connectivity index (χ4n) is 1.21. The minimum Gasteiger partial charge on any atom is -0.364 e. The minimum atomic E-state index is 0.412. The van der Waals surface area contributed by atoms with E-state index in [1.807, 2.05) is 6.92 Å². The van der Waals surface area contributed by atoms with Gasteiger partial charge in [-0.1, -0.05) is 10.4 Å². The molecule has 2 N–H and O–H groups in total. The second-order valence-corrected chi connectivity index (χ2v) is 3.02. The number of rotatable bonds is 3. The normalized spacial score (nSPS) is 10.7. The van der Waals surface area contributed by atoms with Crippen molar-refractivity contribution in [2.45, 2.75) is 20.0 Å². The van der Waals surface area contributed by atoms with Crippen LogP contribution in [0.2, 0.25) is 0 Å². The van der Waals surface area contributed by atoms with Crippen molar-refractivity contribution >= 4 is 0 Å². The maximum absolute atomic E-state index is 5.49. The molecule has 74 valence electrons. The Kier molecular flexibility index (Phi) is 2.28. The molecule has 14 heavy (non-hydrogen) atoms. The van der Waals surface area contributed by atoms with E-state index in [0.717, 1.165) is 17.0 Å². The minimum absolute atomic E-state index is 0.412. The Balaban J connectivity index is 2.21. The summed E-state index contributed by atoms with van der Waals surface area (Å²) < 4.78 is 6.50. The molecular weight excluding hydrogens is 182 g/mol. The summed E-state index contributed by atoms with van der Waals surface area (Å²) in [5, 5.41) is 11.5. The molecular formula is C8H11N5O. The molecule has 0 amide bonds. The molecule has 2 aromatic rings. The molecule has 0 unspecified atom stereocenters. The predicted octanol–water partition coefficient (Wildman–Crippen LogP) is 0.0815. The van der Waals surface area contributed by atoms with Gasteiger partial charge in [0.05, 0.1) is 24.1 Å². The Morgan fingerprint density at radius 2 is 2.43 bits per heavy atom. The summed E-state index contributed by atoms with van der Waals surface area (Å²) in [5.74, 6) is 0. The standard InChI is InChI=1S/C8H11N5O/c1-6-8(2-9)11-12-13(6)4-7-3-10-14-5-7/h3,5H,2,4,9H2,1H3. The van der Waals surface area contributed by atoms with E-state index in [1.54, 1.807) is 17.1 Å². The van der Waals surface area contributed by atoms with Crippen LogP contribution in [0.25, 0.3) is 0 Å². The van der Waals surface area contributed by atoms with Crippen LogP contribution in [0.15, 0.2) is 17.0 Å². The van der Waals surface area contributed by atoms with E-state index in [-0.39, 0.29) is 0 Å². The van der Waals surface area contributed by atoms with E-state index in [1.165, 1.54) is 0 Å². The molecule has 0 radical (unpaired) electrons. The molecule has 0 aliphatic carbocycles. The number of hydrogen-bond donors (Lipinski definition) is 1. The zero-order valence-corrected chi connectivity index (χ0v) is 7.84. The molecule has 0 saturated carbocycles. The van der Waals surface area contributed by atoms with Crippen molar-refractivity contribution in [3.05, 3.63) is 29.4 Å². The number of nitrogens with zero attached hydrogens (tertiary/aromatic N) is 4. The van der Waals surface area contributed by atoms with Gasteiger partial charge in [0.15, 0.2) is 0 Å². The van der Waals surface area contributed by atoms with Gasteiger partial charge in [0, 0.05) is 12.1 Å². The zero-order valence-electron chi connectivity index (χ0n) is 7.84. The zero-order chi connectivity index (χ0) is 9.97. The van der Waals surface area contributed by atoms with Crippen LogP contribution in [0.4, 0.5) is 0 Å². The van der Waals surface area contributed by atoms with Gasteiger partial charge in [0.1, 0.15) is 6.26 Å². The Morgan fingerprint density at radius 3 is 3.00 bits per heavy atom. The topological polar surface area (TPSA) is 82.8 Å². The first-order valence-electron chi connectivity index (χ1n) is 4.28. The molecule has 0 aromatic carbocycles. The van der Waals surface area contributed by atoms with Gasteiger partial charge >= 0.3 is 0 Å².